The highest BCUT2D eigenvalue weighted by atomic mass is 32.1. The quantitative estimate of drug-likeness (QED) is 0.640. The van der Waals surface area contributed by atoms with Gasteiger partial charge in [0.2, 0.25) is 0 Å². The average Bonchev–Trinajstić information content (AvgIpc) is 3.01. The van der Waals surface area contributed by atoms with Crippen LogP contribution in [0, 0.1) is 0 Å². The first-order valence-electron chi connectivity index (χ1n) is 7.68. The van der Waals surface area contributed by atoms with Gasteiger partial charge in [0.15, 0.2) is 5.78 Å². The second kappa shape index (κ2) is 6.10. The van der Waals surface area contributed by atoms with Crippen molar-refractivity contribution in [2.75, 3.05) is 0 Å². The third-order valence-corrected chi connectivity index (χ3v) is 5.25. The summed E-state index contributed by atoms with van der Waals surface area (Å²) in [6, 6.07) is 2.35. The molecule has 0 spiro atoms. The molecule has 0 unspecified atom stereocenters. The minimum absolute atomic E-state index is 0.169. The van der Waals surface area contributed by atoms with Gasteiger partial charge in [-0.25, -0.2) is 9.67 Å². The Balaban J connectivity index is 1.78. The van der Waals surface area contributed by atoms with E-state index in [0.717, 1.165) is 23.5 Å². The van der Waals surface area contributed by atoms with Gasteiger partial charge in [-0.1, -0.05) is 6.42 Å². The van der Waals surface area contributed by atoms with Crippen LogP contribution < -0.4 is 0 Å². The van der Waals surface area contributed by atoms with Crippen LogP contribution in [-0.2, 0) is 19.3 Å². The number of rotatable bonds is 4. The van der Waals surface area contributed by atoms with Crippen LogP contribution in [0.4, 0.5) is 0 Å². The number of Topliss-reactive ketones (excluding diaryl/α,β-unsaturated/α-hetero) is 1. The van der Waals surface area contributed by atoms with Crippen molar-refractivity contribution in [3.05, 3.63) is 33.5 Å². The van der Waals surface area contributed by atoms with Crippen molar-refractivity contribution in [2.24, 2.45) is 0 Å². The third kappa shape index (κ3) is 3.07. The van der Waals surface area contributed by atoms with Gasteiger partial charge in [0.25, 0.3) is 0 Å². The van der Waals surface area contributed by atoms with Crippen molar-refractivity contribution in [1.82, 2.24) is 14.8 Å². The predicted molar refractivity (Wildman–Crippen MR) is 84.0 cm³/mol. The SMILES string of the molecule is CC(C)n1ncnc1CC(=O)c1cc2c(s1)CCCCC2. The van der Waals surface area contributed by atoms with E-state index >= 15 is 0 Å². The van der Waals surface area contributed by atoms with Crippen LogP contribution in [0.15, 0.2) is 12.4 Å². The molecule has 0 radical (unpaired) electrons. The van der Waals surface area contributed by atoms with Gasteiger partial charge in [-0.05, 0) is 51.2 Å². The van der Waals surface area contributed by atoms with E-state index in [2.05, 4.69) is 30.0 Å². The molecule has 0 bridgehead atoms. The fraction of sp³-hybridized carbons (Fsp3) is 0.562. The lowest BCUT2D eigenvalue weighted by atomic mass is 10.1. The zero-order chi connectivity index (χ0) is 14.8. The molecular formula is C16H21N3OS. The van der Waals surface area contributed by atoms with Gasteiger partial charge in [-0.3, -0.25) is 4.79 Å². The minimum atomic E-state index is 0.169. The number of carbonyl (C=O) groups excluding carboxylic acids is 1. The van der Waals surface area contributed by atoms with Gasteiger partial charge >= 0.3 is 0 Å². The van der Waals surface area contributed by atoms with Gasteiger partial charge in [0.05, 0.1) is 11.3 Å². The zero-order valence-corrected chi connectivity index (χ0v) is 13.4. The molecule has 4 nitrogen and oxygen atoms in total. The summed E-state index contributed by atoms with van der Waals surface area (Å²) in [5, 5.41) is 4.20. The second-order valence-corrected chi connectivity index (χ2v) is 7.07. The lowest BCUT2D eigenvalue weighted by Crippen LogP contribution is -2.12. The summed E-state index contributed by atoms with van der Waals surface area (Å²) in [5.74, 6) is 0.932. The van der Waals surface area contributed by atoms with Crippen LogP contribution in [0.3, 0.4) is 0 Å². The van der Waals surface area contributed by atoms with Crippen molar-refractivity contribution in [3.63, 3.8) is 0 Å². The van der Waals surface area contributed by atoms with Crippen LogP contribution >= 0.6 is 11.3 Å². The van der Waals surface area contributed by atoms with Crippen LogP contribution in [0.2, 0.25) is 0 Å². The molecule has 1 aliphatic carbocycles. The number of fused-ring (bicyclic) bond motifs is 1. The summed E-state index contributed by atoms with van der Waals surface area (Å²) in [6.45, 7) is 4.10. The van der Waals surface area contributed by atoms with Crippen molar-refractivity contribution in [1.29, 1.82) is 0 Å². The van der Waals surface area contributed by atoms with Crippen LogP contribution in [-0.4, -0.2) is 20.5 Å². The summed E-state index contributed by atoms with van der Waals surface area (Å²) < 4.78 is 1.83. The predicted octanol–water partition coefficient (Wildman–Crippen LogP) is 3.61. The van der Waals surface area contributed by atoms with E-state index in [9.17, 15) is 4.79 Å². The Morgan fingerprint density at radius 3 is 2.95 bits per heavy atom. The summed E-state index contributed by atoms with van der Waals surface area (Å²) in [5.41, 5.74) is 1.39. The highest BCUT2D eigenvalue weighted by Gasteiger charge is 2.19. The van der Waals surface area contributed by atoms with Gasteiger partial charge in [0, 0.05) is 10.9 Å². The number of ketones is 1. The Morgan fingerprint density at radius 1 is 1.33 bits per heavy atom. The first-order chi connectivity index (χ1) is 10.1. The molecule has 0 atom stereocenters. The molecule has 0 aromatic carbocycles. The lowest BCUT2D eigenvalue weighted by Gasteiger charge is -2.08. The third-order valence-electron chi connectivity index (χ3n) is 3.98. The number of aromatic nitrogens is 3. The highest BCUT2D eigenvalue weighted by molar-refractivity contribution is 7.14. The number of hydrogen-bond donors (Lipinski definition) is 0. The monoisotopic (exact) mass is 303 g/mol. The van der Waals surface area contributed by atoms with Gasteiger partial charge in [-0.2, -0.15) is 5.10 Å². The number of carbonyl (C=O) groups is 1. The average molecular weight is 303 g/mol. The highest BCUT2D eigenvalue weighted by Crippen LogP contribution is 2.29. The van der Waals surface area contributed by atoms with E-state index in [1.54, 1.807) is 11.3 Å². The number of nitrogens with zero attached hydrogens (tertiary/aromatic N) is 3. The van der Waals surface area contributed by atoms with E-state index in [0.29, 0.717) is 6.42 Å². The first-order valence-corrected chi connectivity index (χ1v) is 8.50. The Bertz CT molecular complexity index is 618. The molecule has 0 saturated carbocycles. The summed E-state index contributed by atoms with van der Waals surface area (Å²) in [4.78, 5) is 19.1. The molecule has 2 heterocycles. The van der Waals surface area contributed by atoms with E-state index in [1.165, 1.54) is 36.0 Å². The fourth-order valence-corrected chi connectivity index (χ4v) is 4.06. The maximum absolute atomic E-state index is 12.5. The van der Waals surface area contributed by atoms with Crippen molar-refractivity contribution < 1.29 is 4.79 Å². The number of hydrogen-bond acceptors (Lipinski definition) is 4. The van der Waals surface area contributed by atoms with Crippen molar-refractivity contribution in [2.45, 2.75) is 58.4 Å². The molecule has 1 aliphatic rings. The maximum Gasteiger partial charge on any atom is 0.180 e. The molecule has 0 aliphatic heterocycles. The van der Waals surface area contributed by atoms with Crippen LogP contribution in [0.1, 0.15) is 65.1 Å². The van der Waals surface area contributed by atoms with E-state index in [4.69, 9.17) is 0 Å². The Morgan fingerprint density at radius 2 is 2.14 bits per heavy atom. The Labute approximate surface area is 129 Å². The summed E-state index contributed by atoms with van der Waals surface area (Å²) in [7, 11) is 0. The summed E-state index contributed by atoms with van der Waals surface area (Å²) >= 11 is 1.69. The summed E-state index contributed by atoms with van der Waals surface area (Å²) in [6.07, 6.45) is 7.95. The molecule has 0 saturated heterocycles. The molecule has 2 aromatic rings. The normalized spacial score (nSPS) is 15.0. The topological polar surface area (TPSA) is 47.8 Å². The smallest absolute Gasteiger partial charge is 0.180 e. The molecule has 21 heavy (non-hydrogen) atoms. The van der Waals surface area contributed by atoms with E-state index in [-0.39, 0.29) is 11.8 Å². The minimum Gasteiger partial charge on any atom is -0.293 e. The van der Waals surface area contributed by atoms with Crippen LogP contribution in [0.5, 0.6) is 0 Å². The molecule has 0 N–H and O–H groups in total. The first kappa shape index (κ1) is 14.4. The Kier molecular flexibility index (Phi) is 4.19. The van der Waals surface area contributed by atoms with Gasteiger partial charge in [-0.15, -0.1) is 11.3 Å². The molecule has 0 fully saturated rings. The van der Waals surface area contributed by atoms with Gasteiger partial charge < -0.3 is 0 Å². The molecule has 2 aromatic heterocycles. The fourth-order valence-electron chi connectivity index (χ4n) is 2.87. The van der Waals surface area contributed by atoms with Gasteiger partial charge in [0.1, 0.15) is 12.2 Å². The van der Waals surface area contributed by atoms with E-state index < -0.39 is 0 Å². The van der Waals surface area contributed by atoms with E-state index in [1.807, 2.05) is 4.68 Å². The van der Waals surface area contributed by atoms with Crippen molar-refractivity contribution >= 4 is 17.1 Å². The molecule has 112 valence electrons. The second-order valence-electron chi connectivity index (χ2n) is 5.93. The zero-order valence-electron chi connectivity index (χ0n) is 12.6. The molecule has 5 heteroatoms. The van der Waals surface area contributed by atoms with Crippen molar-refractivity contribution in [3.8, 4) is 0 Å². The Hall–Kier alpha value is -1.49. The molecular weight excluding hydrogens is 282 g/mol. The molecule has 0 amide bonds. The number of thiophene rings is 1. The number of aryl methyl sites for hydroxylation is 2. The molecule has 3 rings (SSSR count). The standard InChI is InChI=1S/C16H21N3OS/c1-11(2)19-16(17-10-18-19)9-13(20)15-8-12-6-4-3-5-7-14(12)21-15/h8,10-11H,3-7,9H2,1-2H3. The maximum atomic E-state index is 12.5. The van der Waals surface area contributed by atoms with Crippen LogP contribution in [0.25, 0.3) is 0 Å². The lowest BCUT2D eigenvalue weighted by molar-refractivity contribution is 0.0993. The largest absolute Gasteiger partial charge is 0.293 e.